The molecule has 0 radical (unpaired) electrons. The second-order valence-corrected chi connectivity index (χ2v) is 8.53. The Kier molecular flexibility index (Phi) is 6.59. The number of halogens is 3. The number of nitrogens with two attached hydrogens (primary N) is 1. The van der Waals surface area contributed by atoms with Crippen molar-refractivity contribution < 1.29 is 22.4 Å². The summed E-state index contributed by atoms with van der Waals surface area (Å²) in [6.45, 7) is 1.56. The Labute approximate surface area is 184 Å². The van der Waals surface area contributed by atoms with E-state index in [0.29, 0.717) is 0 Å². The van der Waals surface area contributed by atoms with Crippen molar-refractivity contribution in [1.29, 1.82) is 0 Å². The lowest BCUT2D eigenvalue weighted by atomic mass is 9.89. The number of hydrogen-bond donors (Lipinski definition) is 3. The molecule has 174 valence electrons. The second-order valence-electron chi connectivity index (χ2n) is 8.53. The van der Waals surface area contributed by atoms with Crippen LogP contribution in [-0.4, -0.2) is 42.1 Å². The van der Waals surface area contributed by atoms with E-state index in [1.807, 2.05) is 0 Å². The van der Waals surface area contributed by atoms with Gasteiger partial charge in [0.1, 0.15) is 0 Å². The molecule has 32 heavy (non-hydrogen) atoms. The largest absolute Gasteiger partial charge is 0.418 e. The summed E-state index contributed by atoms with van der Waals surface area (Å²) in [5, 5.41) is 7.04. The number of hydrogen-bond acceptors (Lipinski definition) is 6. The van der Waals surface area contributed by atoms with Crippen molar-refractivity contribution >= 4 is 17.6 Å². The number of piperidine rings is 1. The Morgan fingerprint density at radius 3 is 2.47 bits per heavy atom. The van der Waals surface area contributed by atoms with Crippen LogP contribution in [0.15, 0.2) is 34.9 Å². The Morgan fingerprint density at radius 2 is 1.81 bits per heavy atom. The molecule has 7 nitrogen and oxygen atoms in total. The molecule has 1 saturated carbocycles. The second kappa shape index (κ2) is 9.40. The van der Waals surface area contributed by atoms with Gasteiger partial charge in [-0.15, -0.1) is 0 Å². The number of carbonyl (C=O) groups excluding carboxylic acids is 1. The van der Waals surface area contributed by atoms with Gasteiger partial charge < -0.3 is 25.7 Å². The summed E-state index contributed by atoms with van der Waals surface area (Å²) >= 11 is 0. The summed E-state index contributed by atoms with van der Waals surface area (Å²) in [6, 6.07) is 6.20. The molecule has 2 heterocycles. The van der Waals surface area contributed by atoms with Crippen LogP contribution in [0.3, 0.4) is 0 Å². The molecule has 4 N–H and O–H groups in total. The van der Waals surface area contributed by atoms with Crippen molar-refractivity contribution in [2.45, 2.75) is 62.8 Å². The van der Waals surface area contributed by atoms with Gasteiger partial charge in [0.2, 0.25) is 5.76 Å². The lowest BCUT2D eigenvalue weighted by Gasteiger charge is -2.40. The van der Waals surface area contributed by atoms with Gasteiger partial charge in [-0.25, -0.2) is 4.98 Å². The highest BCUT2D eigenvalue weighted by Gasteiger charge is 2.32. The smallest absolute Gasteiger partial charge is 0.416 e. The predicted molar refractivity (Wildman–Crippen MR) is 115 cm³/mol. The van der Waals surface area contributed by atoms with Gasteiger partial charge in [-0.3, -0.25) is 4.79 Å². The lowest BCUT2D eigenvalue weighted by Crippen LogP contribution is -2.54. The molecule has 1 amide bonds. The molecule has 0 bridgehead atoms. The first kappa shape index (κ1) is 22.4. The molecule has 1 aliphatic carbocycles. The third-order valence-electron chi connectivity index (χ3n) is 6.25. The molecule has 1 aromatic heterocycles. The molecule has 4 rings (SSSR count). The molecule has 3 atom stereocenters. The lowest BCUT2D eigenvalue weighted by molar-refractivity contribution is -0.137. The van der Waals surface area contributed by atoms with Crippen LogP contribution >= 0.6 is 0 Å². The van der Waals surface area contributed by atoms with Gasteiger partial charge in [0, 0.05) is 36.9 Å². The van der Waals surface area contributed by atoms with E-state index < -0.39 is 17.6 Å². The fraction of sp³-hybridized carbons (Fsp3) is 0.545. The SMILES string of the molecule is NC(=O)c1cnc(N[C@@H]2CCCC[C@H]2NC2CCCN(c3ccc(C(F)(F)F)cc3)C2)o1. The highest BCUT2D eigenvalue weighted by Crippen LogP contribution is 2.31. The first-order valence-corrected chi connectivity index (χ1v) is 11.0. The molecule has 10 heteroatoms. The maximum Gasteiger partial charge on any atom is 0.416 e. The Balaban J connectivity index is 1.37. The van der Waals surface area contributed by atoms with Crippen molar-refractivity contribution in [3.8, 4) is 0 Å². The molecule has 1 saturated heterocycles. The monoisotopic (exact) mass is 451 g/mol. The fourth-order valence-electron chi connectivity index (χ4n) is 4.63. The summed E-state index contributed by atoms with van der Waals surface area (Å²) in [5.74, 6) is -0.637. The number of alkyl halides is 3. The maximum atomic E-state index is 12.9. The van der Waals surface area contributed by atoms with Crippen molar-refractivity contribution in [2.24, 2.45) is 5.73 Å². The summed E-state index contributed by atoms with van der Waals surface area (Å²) in [5.41, 5.74) is 5.41. The van der Waals surface area contributed by atoms with Crippen LogP contribution in [0.25, 0.3) is 0 Å². The van der Waals surface area contributed by atoms with Crippen LogP contribution in [-0.2, 0) is 6.18 Å². The molecule has 1 aromatic carbocycles. The molecule has 1 aliphatic heterocycles. The molecule has 1 unspecified atom stereocenters. The van der Waals surface area contributed by atoms with E-state index in [0.717, 1.165) is 69.4 Å². The minimum absolute atomic E-state index is 0.0206. The molecule has 0 spiro atoms. The minimum Gasteiger partial charge on any atom is -0.418 e. The van der Waals surface area contributed by atoms with E-state index in [4.69, 9.17) is 10.2 Å². The Morgan fingerprint density at radius 1 is 1.09 bits per heavy atom. The van der Waals surface area contributed by atoms with E-state index in [1.165, 1.54) is 6.20 Å². The molecular weight excluding hydrogens is 423 g/mol. The number of aromatic nitrogens is 1. The van der Waals surface area contributed by atoms with Crippen molar-refractivity contribution in [2.75, 3.05) is 23.3 Å². The van der Waals surface area contributed by atoms with Gasteiger partial charge in [0.15, 0.2) is 0 Å². The van der Waals surface area contributed by atoms with Crippen LogP contribution in [0.5, 0.6) is 0 Å². The third kappa shape index (κ3) is 5.35. The zero-order valence-corrected chi connectivity index (χ0v) is 17.7. The summed E-state index contributed by atoms with van der Waals surface area (Å²) in [7, 11) is 0. The van der Waals surface area contributed by atoms with Gasteiger partial charge in [-0.05, 0) is 49.9 Å². The number of rotatable bonds is 6. The van der Waals surface area contributed by atoms with E-state index in [9.17, 15) is 18.0 Å². The molecule has 2 aromatic rings. The van der Waals surface area contributed by atoms with Crippen LogP contribution in [0.4, 0.5) is 24.9 Å². The number of oxazole rings is 1. The van der Waals surface area contributed by atoms with E-state index >= 15 is 0 Å². The number of nitrogens with zero attached hydrogens (tertiary/aromatic N) is 2. The third-order valence-corrected chi connectivity index (χ3v) is 6.25. The normalized spacial score (nSPS) is 24.3. The molecule has 2 aliphatic rings. The quantitative estimate of drug-likeness (QED) is 0.619. The fourth-order valence-corrected chi connectivity index (χ4v) is 4.63. The average molecular weight is 451 g/mol. The van der Waals surface area contributed by atoms with E-state index in [1.54, 1.807) is 12.1 Å². The van der Waals surface area contributed by atoms with E-state index in [-0.39, 0.29) is 29.9 Å². The zero-order valence-electron chi connectivity index (χ0n) is 17.7. The van der Waals surface area contributed by atoms with Crippen LogP contribution in [0.2, 0.25) is 0 Å². The highest BCUT2D eigenvalue weighted by atomic mass is 19.4. The molecule has 2 fully saturated rings. The van der Waals surface area contributed by atoms with Crippen molar-refractivity contribution in [3.05, 3.63) is 41.8 Å². The van der Waals surface area contributed by atoms with E-state index in [2.05, 4.69) is 20.5 Å². The van der Waals surface area contributed by atoms with Crippen LogP contribution < -0.4 is 21.3 Å². The minimum atomic E-state index is -4.32. The number of primary amides is 1. The molecular formula is C22H28F3N5O2. The number of benzene rings is 1. The summed E-state index contributed by atoms with van der Waals surface area (Å²) in [4.78, 5) is 17.5. The first-order valence-electron chi connectivity index (χ1n) is 11.0. The number of amides is 1. The maximum absolute atomic E-state index is 12.9. The van der Waals surface area contributed by atoms with Gasteiger partial charge >= 0.3 is 6.18 Å². The van der Waals surface area contributed by atoms with Crippen molar-refractivity contribution in [3.63, 3.8) is 0 Å². The van der Waals surface area contributed by atoms with Gasteiger partial charge in [-0.1, -0.05) is 12.8 Å². The van der Waals surface area contributed by atoms with Gasteiger partial charge in [0.05, 0.1) is 11.8 Å². The number of carbonyl (C=O) groups is 1. The van der Waals surface area contributed by atoms with Crippen molar-refractivity contribution in [1.82, 2.24) is 10.3 Å². The summed E-state index contributed by atoms with van der Waals surface area (Å²) < 4.78 is 43.9. The Bertz CT molecular complexity index is 915. The Hall–Kier alpha value is -2.75. The predicted octanol–water partition coefficient (Wildman–Crippen LogP) is 3.77. The standard InChI is InChI=1S/C22H28F3N5O2/c23-22(24,25)14-7-9-16(10-8-14)30-11-3-4-15(13-30)28-17-5-1-2-6-18(17)29-21-27-12-19(32-21)20(26)31/h7-10,12,15,17-18,28H,1-6,11,13H2,(H2,26,31)(H,27,29)/t15?,17-,18-/m1/s1. The first-order chi connectivity index (χ1) is 15.3. The van der Waals surface area contributed by atoms with Crippen LogP contribution in [0, 0.1) is 0 Å². The number of nitrogens with one attached hydrogen (secondary N) is 2. The van der Waals surface area contributed by atoms with Crippen LogP contribution in [0.1, 0.15) is 54.6 Å². The topological polar surface area (TPSA) is 96.4 Å². The highest BCUT2D eigenvalue weighted by molar-refractivity contribution is 5.89. The number of anilines is 2. The zero-order chi connectivity index (χ0) is 22.7. The summed E-state index contributed by atoms with van der Waals surface area (Å²) in [6.07, 6.45) is 3.11. The van der Waals surface area contributed by atoms with Gasteiger partial charge in [-0.2, -0.15) is 13.2 Å². The average Bonchev–Trinajstić information content (AvgIpc) is 3.24. The van der Waals surface area contributed by atoms with Gasteiger partial charge in [0.25, 0.3) is 11.9 Å².